The van der Waals surface area contributed by atoms with Gasteiger partial charge in [-0.05, 0) is 43.5 Å². The Bertz CT molecular complexity index is 832. The Balaban J connectivity index is 1.82. The summed E-state index contributed by atoms with van der Waals surface area (Å²) in [6, 6.07) is 11.7. The molecule has 0 aliphatic carbocycles. The maximum atomic E-state index is 13.8. The molecule has 1 heterocycles. The molecule has 5 nitrogen and oxygen atoms in total. The SMILES string of the molecule is CC(=O)Nc1ccc(C(=O)NCc2ccccc2F)c(N2CCCCC2)c1. The number of nitrogens with one attached hydrogen (secondary N) is 2. The van der Waals surface area contributed by atoms with E-state index in [0.29, 0.717) is 16.8 Å². The highest BCUT2D eigenvalue weighted by Gasteiger charge is 2.19. The molecule has 2 amide bonds. The summed E-state index contributed by atoms with van der Waals surface area (Å²) in [5.74, 6) is -0.750. The predicted molar refractivity (Wildman–Crippen MR) is 104 cm³/mol. The van der Waals surface area contributed by atoms with Crippen molar-refractivity contribution < 1.29 is 14.0 Å². The van der Waals surface area contributed by atoms with E-state index in [1.165, 1.54) is 19.4 Å². The van der Waals surface area contributed by atoms with Gasteiger partial charge in [-0.15, -0.1) is 0 Å². The smallest absolute Gasteiger partial charge is 0.253 e. The summed E-state index contributed by atoms with van der Waals surface area (Å²) in [5.41, 5.74) is 2.43. The van der Waals surface area contributed by atoms with Gasteiger partial charge < -0.3 is 15.5 Å². The van der Waals surface area contributed by atoms with E-state index in [-0.39, 0.29) is 24.2 Å². The summed E-state index contributed by atoms with van der Waals surface area (Å²) in [7, 11) is 0. The number of hydrogen-bond donors (Lipinski definition) is 2. The van der Waals surface area contributed by atoms with Crippen molar-refractivity contribution in [3.63, 3.8) is 0 Å². The largest absolute Gasteiger partial charge is 0.371 e. The van der Waals surface area contributed by atoms with E-state index < -0.39 is 0 Å². The fraction of sp³-hybridized carbons (Fsp3) is 0.333. The molecule has 0 saturated carbocycles. The molecule has 0 atom stereocenters. The van der Waals surface area contributed by atoms with E-state index in [0.717, 1.165) is 31.6 Å². The first-order valence-electron chi connectivity index (χ1n) is 9.23. The molecule has 142 valence electrons. The Hall–Kier alpha value is -2.89. The maximum absolute atomic E-state index is 13.8. The lowest BCUT2D eigenvalue weighted by atomic mass is 10.1. The lowest BCUT2D eigenvalue weighted by Crippen LogP contribution is -2.33. The molecule has 1 aliphatic heterocycles. The number of nitrogens with zero attached hydrogens (tertiary/aromatic N) is 1. The van der Waals surface area contributed by atoms with Crippen LogP contribution in [0.25, 0.3) is 0 Å². The molecular weight excluding hydrogens is 345 g/mol. The van der Waals surface area contributed by atoms with Crippen molar-refractivity contribution in [1.82, 2.24) is 5.32 Å². The van der Waals surface area contributed by atoms with Crippen LogP contribution in [0.4, 0.5) is 15.8 Å². The van der Waals surface area contributed by atoms with Crippen LogP contribution in [0.3, 0.4) is 0 Å². The molecule has 27 heavy (non-hydrogen) atoms. The third-order valence-corrected chi connectivity index (χ3v) is 4.66. The molecular formula is C21H24FN3O2. The van der Waals surface area contributed by atoms with Crippen LogP contribution in [0.15, 0.2) is 42.5 Å². The first kappa shape index (κ1) is 18.9. The molecule has 2 aromatic carbocycles. The standard InChI is InChI=1S/C21H24FN3O2/c1-15(26)24-17-9-10-18(20(13-17)25-11-5-2-6-12-25)21(27)23-14-16-7-3-4-8-19(16)22/h3-4,7-10,13H,2,5-6,11-12,14H2,1H3,(H,23,27)(H,24,26). The number of carbonyl (C=O) groups is 2. The van der Waals surface area contributed by atoms with Crippen molar-refractivity contribution in [2.75, 3.05) is 23.3 Å². The number of hydrogen-bond acceptors (Lipinski definition) is 3. The highest BCUT2D eigenvalue weighted by atomic mass is 19.1. The van der Waals surface area contributed by atoms with E-state index >= 15 is 0 Å². The van der Waals surface area contributed by atoms with Gasteiger partial charge in [0.1, 0.15) is 5.82 Å². The Morgan fingerprint density at radius 1 is 1.07 bits per heavy atom. The number of amides is 2. The van der Waals surface area contributed by atoms with Crippen LogP contribution in [0, 0.1) is 5.82 Å². The summed E-state index contributed by atoms with van der Waals surface area (Å²) < 4.78 is 13.8. The average molecular weight is 369 g/mol. The molecule has 0 unspecified atom stereocenters. The Kier molecular flexibility index (Phi) is 6.06. The second-order valence-corrected chi connectivity index (χ2v) is 6.73. The van der Waals surface area contributed by atoms with Gasteiger partial charge >= 0.3 is 0 Å². The molecule has 6 heteroatoms. The summed E-state index contributed by atoms with van der Waals surface area (Å²) in [5, 5.41) is 5.57. The van der Waals surface area contributed by atoms with E-state index in [1.807, 2.05) is 6.07 Å². The molecule has 2 aromatic rings. The van der Waals surface area contributed by atoms with Gasteiger partial charge in [0.2, 0.25) is 5.91 Å². The first-order chi connectivity index (χ1) is 13.0. The fourth-order valence-electron chi connectivity index (χ4n) is 3.31. The van der Waals surface area contributed by atoms with Gasteiger partial charge in [-0.3, -0.25) is 9.59 Å². The van der Waals surface area contributed by atoms with Crippen molar-refractivity contribution in [1.29, 1.82) is 0 Å². The van der Waals surface area contributed by atoms with E-state index in [1.54, 1.807) is 30.3 Å². The zero-order valence-electron chi connectivity index (χ0n) is 15.4. The van der Waals surface area contributed by atoms with E-state index in [2.05, 4.69) is 15.5 Å². The van der Waals surface area contributed by atoms with Crippen molar-refractivity contribution >= 4 is 23.2 Å². The fourth-order valence-corrected chi connectivity index (χ4v) is 3.31. The van der Waals surface area contributed by atoms with Crippen molar-refractivity contribution in [2.45, 2.75) is 32.7 Å². The molecule has 1 saturated heterocycles. The number of carbonyl (C=O) groups excluding carboxylic acids is 2. The molecule has 0 aromatic heterocycles. The van der Waals surface area contributed by atoms with Crippen LogP contribution in [0.2, 0.25) is 0 Å². The zero-order valence-corrected chi connectivity index (χ0v) is 15.4. The quantitative estimate of drug-likeness (QED) is 0.845. The lowest BCUT2D eigenvalue weighted by Gasteiger charge is -2.30. The average Bonchev–Trinajstić information content (AvgIpc) is 2.67. The molecule has 1 aliphatic rings. The number of anilines is 2. The van der Waals surface area contributed by atoms with Crippen molar-refractivity contribution in [2.24, 2.45) is 0 Å². The Labute approximate surface area is 158 Å². The summed E-state index contributed by atoms with van der Waals surface area (Å²) in [4.78, 5) is 26.3. The van der Waals surface area contributed by atoms with Gasteiger partial charge in [-0.1, -0.05) is 18.2 Å². The van der Waals surface area contributed by atoms with Crippen LogP contribution >= 0.6 is 0 Å². The number of benzene rings is 2. The highest BCUT2D eigenvalue weighted by Crippen LogP contribution is 2.28. The molecule has 3 rings (SSSR count). The monoisotopic (exact) mass is 369 g/mol. The lowest BCUT2D eigenvalue weighted by molar-refractivity contribution is -0.114. The van der Waals surface area contributed by atoms with Crippen LogP contribution < -0.4 is 15.5 Å². The third kappa shape index (κ3) is 4.84. The zero-order chi connectivity index (χ0) is 19.2. The van der Waals surface area contributed by atoms with Crippen molar-refractivity contribution in [3.05, 3.63) is 59.4 Å². The Morgan fingerprint density at radius 3 is 2.52 bits per heavy atom. The molecule has 0 radical (unpaired) electrons. The van der Waals surface area contributed by atoms with Crippen LogP contribution in [-0.4, -0.2) is 24.9 Å². The topological polar surface area (TPSA) is 61.4 Å². The van der Waals surface area contributed by atoms with Crippen LogP contribution in [-0.2, 0) is 11.3 Å². The number of rotatable bonds is 5. The van der Waals surface area contributed by atoms with Crippen LogP contribution in [0.5, 0.6) is 0 Å². The van der Waals surface area contributed by atoms with Gasteiger partial charge in [-0.25, -0.2) is 4.39 Å². The van der Waals surface area contributed by atoms with Gasteiger partial charge in [0.25, 0.3) is 5.91 Å². The van der Waals surface area contributed by atoms with Gasteiger partial charge in [0.15, 0.2) is 0 Å². The molecule has 0 spiro atoms. The van der Waals surface area contributed by atoms with E-state index in [4.69, 9.17) is 0 Å². The van der Waals surface area contributed by atoms with Gasteiger partial charge in [-0.2, -0.15) is 0 Å². The molecule has 2 N–H and O–H groups in total. The normalized spacial score (nSPS) is 13.9. The second-order valence-electron chi connectivity index (χ2n) is 6.73. The minimum Gasteiger partial charge on any atom is -0.371 e. The minimum absolute atomic E-state index is 0.123. The summed E-state index contributed by atoms with van der Waals surface area (Å²) >= 11 is 0. The molecule has 1 fully saturated rings. The third-order valence-electron chi connectivity index (χ3n) is 4.66. The predicted octanol–water partition coefficient (Wildman–Crippen LogP) is 3.70. The summed E-state index contributed by atoms with van der Waals surface area (Å²) in [6.45, 7) is 3.32. The van der Waals surface area contributed by atoms with Crippen molar-refractivity contribution in [3.8, 4) is 0 Å². The minimum atomic E-state index is -0.338. The van der Waals surface area contributed by atoms with E-state index in [9.17, 15) is 14.0 Å². The van der Waals surface area contributed by atoms with Gasteiger partial charge in [0.05, 0.1) is 11.3 Å². The summed E-state index contributed by atoms with van der Waals surface area (Å²) in [6.07, 6.45) is 3.32. The maximum Gasteiger partial charge on any atom is 0.253 e. The first-order valence-corrected chi connectivity index (χ1v) is 9.23. The number of piperidine rings is 1. The number of halogens is 1. The molecule has 0 bridgehead atoms. The Morgan fingerprint density at radius 2 is 1.81 bits per heavy atom. The second kappa shape index (κ2) is 8.66. The highest BCUT2D eigenvalue weighted by molar-refractivity contribution is 6.01. The van der Waals surface area contributed by atoms with Crippen LogP contribution in [0.1, 0.15) is 42.1 Å². The van der Waals surface area contributed by atoms with Gasteiger partial charge in [0, 0.05) is 37.8 Å².